The predicted octanol–water partition coefficient (Wildman–Crippen LogP) is 8.28. The molecule has 6 heteroatoms. The average Bonchev–Trinajstić information content (AvgIpc) is 2.77. The molecule has 0 bridgehead atoms. The van der Waals surface area contributed by atoms with Crippen LogP contribution >= 0.6 is 0 Å². The smallest absolute Gasteiger partial charge is 0.339 e. The molecule has 0 spiro atoms. The molecular weight excluding hydrogens is 447 g/mol. The number of ether oxygens (including phenoxy) is 2. The van der Waals surface area contributed by atoms with E-state index < -0.39 is 19.9 Å². The fourth-order valence-corrected chi connectivity index (χ4v) is 5.23. The Labute approximate surface area is 205 Å². The molecule has 0 aliphatic carbocycles. The lowest BCUT2D eigenvalue weighted by Gasteiger charge is -2.16. The Kier molecular flexibility index (Phi) is 11.1. The zero-order valence-corrected chi connectivity index (χ0v) is 22.5. The maximum absolute atomic E-state index is 15.3. The number of rotatable bonds is 15. The molecule has 0 fully saturated rings. The topological polar surface area (TPSA) is 55.8 Å². The minimum atomic E-state index is -1.20. The Morgan fingerprint density at radius 2 is 1.68 bits per heavy atom. The van der Waals surface area contributed by atoms with E-state index in [1.165, 1.54) is 37.4 Å². The second-order valence-corrected chi connectivity index (χ2v) is 16.0. The lowest BCUT2D eigenvalue weighted by atomic mass is 10.0. The molecule has 0 aliphatic heterocycles. The van der Waals surface area contributed by atoms with Gasteiger partial charge in [-0.25, -0.2) is 9.18 Å². The number of benzene rings is 2. The summed E-state index contributed by atoms with van der Waals surface area (Å²) >= 11 is 0. The number of halogens is 1. The molecule has 34 heavy (non-hydrogen) atoms. The zero-order valence-electron chi connectivity index (χ0n) is 21.5. The van der Waals surface area contributed by atoms with E-state index in [1.54, 1.807) is 12.1 Å². The molecule has 0 unspecified atom stereocenters. The van der Waals surface area contributed by atoms with Crippen molar-refractivity contribution in [2.75, 3.05) is 13.2 Å². The van der Waals surface area contributed by atoms with Crippen molar-refractivity contribution in [1.29, 1.82) is 0 Å². The molecule has 2 aromatic rings. The summed E-state index contributed by atoms with van der Waals surface area (Å²) in [5.74, 6) is -1.07. The summed E-state index contributed by atoms with van der Waals surface area (Å²) in [4.78, 5) is 11.6. The van der Waals surface area contributed by atoms with Crippen LogP contribution in [0.15, 0.2) is 36.4 Å². The first-order chi connectivity index (χ1) is 16.1. The van der Waals surface area contributed by atoms with Gasteiger partial charge in [0.15, 0.2) is 11.6 Å². The quantitative estimate of drug-likeness (QED) is 0.202. The Balaban J connectivity index is 1.98. The van der Waals surface area contributed by atoms with E-state index in [1.807, 2.05) is 19.1 Å². The minimum Gasteiger partial charge on any atom is -0.494 e. The van der Waals surface area contributed by atoms with Crippen molar-refractivity contribution in [3.63, 3.8) is 0 Å². The Hall–Kier alpha value is -2.34. The predicted molar refractivity (Wildman–Crippen MR) is 140 cm³/mol. The molecule has 1 atom stereocenters. The van der Waals surface area contributed by atoms with Gasteiger partial charge in [-0.15, -0.1) is 0 Å². The Bertz CT molecular complexity index is 906. The summed E-state index contributed by atoms with van der Waals surface area (Å²) in [6.07, 6.45) is 6.68. The van der Waals surface area contributed by atoms with Crippen molar-refractivity contribution in [1.82, 2.24) is 0 Å². The van der Waals surface area contributed by atoms with Crippen LogP contribution in [0, 0.1) is 11.7 Å². The van der Waals surface area contributed by atoms with Crippen molar-refractivity contribution < 1.29 is 23.8 Å². The number of carboxylic acids is 1. The first-order valence-corrected chi connectivity index (χ1v) is 16.2. The molecule has 2 aromatic carbocycles. The number of unbranched alkanes of at least 4 members (excludes halogenated alkanes) is 3. The van der Waals surface area contributed by atoms with E-state index >= 15 is 4.39 Å². The molecule has 4 nitrogen and oxygen atoms in total. The molecule has 0 heterocycles. The molecule has 2 rings (SSSR count). The molecular formula is C28H41FO4Si. The molecule has 0 saturated carbocycles. The molecule has 188 valence electrons. The van der Waals surface area contributed by atoms with Gasteiger partial charge in [0, 0.05) is 13.6 Å². The van der Waals surface area contributed by atoms with Crippen molar-refractivity contribution in [2.24, 2.45) is 5.92 Å². The van der Waals surface area contributed by atoms with Crippen LogP contribution in [0.3, 0.4) is 0 Å². The van der Waals surface area contributed by atoms with Crippen LogP contribution in [-0.4, -0.2) is 32.4 Å². The fraction of sp³-hybridized carbons (Fsp3) is 0.536. The van der Waals surface area contributed by atoms with Crippen molar-refractivity contribution in [3.8, 4) is 22.6 Å². The first-order valence-electron chi connectivity index (χ1n) is 12.5. The third-order valence-corrected chi connectivity index (χ3v) is 7.73. The van der Waals surface area contributed by atoms with E-state index in [4.69, 9.17) is 9.47 Å². The van der Waals surface area contributed by atoms with Gasteiger partial charge in [-0.05, 0) is 42.5 Å². The van der Waals surface area contributed by atoms with Gasteiger partial charge in [0.2, 0.25) is 0 Å². The third-order valence-electron chi connectivity index (χ3n) is 5.88. The van der Waals surface area contributed by atoms with Crippen LogP contribution in [0.1, 0.15) is 62.7 Å². The maximum Gasteiger partial charge on any atom is 0.339 e. The lowest BCUT2D eigenvalue weighted by molar-refractivity contribution is 0.0690. The highest BCUT2D eigenvalue weighted by molar-refractivity contribution is 6.76. The largest absolute Gasteiger partial charge is 0.494 e. The van der Waals surface area contributed by atoms with Crippen molar-refractivity contribution >= 4 is 14.0 Å². The number of hydrogen-bond acceptors (Lipinski definition) is 3. The van der Waals surface area contributed by atoms with Crippen LogP contribution in [0.2, 0.25) is 25.7 Å². The molecule has 0 aromatic heterocycles. The Morgan fingerprint density at radius 1 is 1.00 bits per heavy atom. The number of carbonyl (C=O) groups is 1. The number of carboxylic acid groups (broad SMARTS) is 1. The number of aromatic carboxylic acids is 1. The highest BCUT2D eigenvalue weighted by Crippen LogP contribution is 2.33. The van der Waals surface area contributed by atoms with E-state index in [9.17, 15) is 9.90 Å². The van der Waals surface area contributed by atoms with Gasteiger partial charge in [0.1, 0.15) is 11.3 Å². The SMILES string of the molecule is CCC[C@H](C)COc1c(C(=O)O)ccc(-c2ccc(OCCCCCC[Si](C)(C)C)cc2)c1F. The van der Waals surface area contributed by atoms with Crippen LogP contribution in [-0.2, 0) is 0 Å². The highest BCUT2D eigenvalue weighted by Gasteiger charge is 2.21. The van der Waals surface area contributed by atoms with E-state index in [-0.39, 0.29) is 23.8 Å². The summed E-state index contributed by atoms with van der Waals surface area (Å²) in [5.41, 5.74) is 0.812. The first kappa shape index (κ1) is 27.9. The summed E-state index contributed by atoms with van der Waals surface area (Å²) in [7, 11) is -0.937. The van der Waals surface area contributed by atoms with Crippen molar-refractivity contribution in [2.45, 2.75) is 78.1 Å². The highest BCUT2D eigenvalue weighted by atomic mass is 28.3. The van der Waals surface area contributed by atoms with Crippen LogP contribution in [0.4, 0.5) is 4.39 Å². The van der Waals surface area contributed by atoms with Crippen LogP contribution in [0.25, 0.3) is 11.1 Å². The number of hydrogen-bond donors (Lipinski definition) is 1. The second kappa shape index (κ2) is 13.5. The van der Waals surface area contributed by atoms with Gasteiger partial charge in [0.25, 0.3) is 0 Å². The zero-order chi connectivity index (χ0) is 25.1. The average molecular weight is 489 g/mol. The van der Waals surface area contributed by atoms with Crippen molar-refractivity contribution in [3.05, 3.63) is 47.8 Å². The van der Waals surface area contributed by atoms with Gasteiger partial charge in [-0.1, -0.05) is 83.4 Å². The molecule has 0 saturated heterocycles. The van der Waals surface area contributed by atoms with Gasteiger partial charge in [0.05, 0.1) is 13.2 Å². The van der Waals surface area contributed by atoms with E-state index in [2.05, 4.69) is 26.6 Å². The summed E-state index contributed by atoms with van der Waals surface area (Å²) in [6, 6.07) is 11.5. The van der Waals surface area contributed by atoms with Gasteiger partial charge in [-0.3, -0.25) is 0 Å². The second-order valence-electron chi connectivity index (χ2n) is 10.4. The fourth-order valence-electron chi connectivity index (χ4n) is 3.92. The summed E-state index contributed by atoms with van der Waals surface area (Å²) in [5, 5.41) is 9.48. The molecule has 0 aliphatic rings. The molecule has 0 amide bonds. The van der Waals surface area contributed by atoms with Gasteiger partial charge < -0.3 is 14.6 Å². The summed E-state index contributed by atoms with van der Waals surface area (Å²) < 4.78 is 26.8. The standard InChI is InChI=1S/C28H41FO4Si/c1-6-11-21(2)20-33-27-25(28(30)31)17-16-24(26(27)29)22-12-14-23(15-13-22)32-18-9-7-8-10-19-34(3,4)5/h12-17,21H,6-11,18-20H2,1-5H3,(H,30,31)/t21-/m0/s1. The minimum absolute atomic E-state index is 0.158. The summed E-state index contributed by atoms with van der Waals surface area (Å²) in [6.45, 7) is 12.3. The third kappa shape index (κ3) is 9.13. The van der Waals surface area contributed by atoms with Crippen LogP contribution in [0.5, 0.6) is 11.5 Å². The maximum atomic E-state index is 15.3. The van der Waals surface area contributed by atoms with E-state index in [0.29, 0.717) is 17.7 Å². The molecule has 1 N–H and O–H groups in total. The lowest BCUT2D eigenvalue weighted by Crippen LogP contribution is -2.18. The van der Waals surface area contributed by atoms with Gasteiger partial charge >= 0.3 is 5.97 Å². The monoisotopic (exact) mass is 488 g/mol. The van der Waals surface area contributed by atoms with Gasteiger partial charge in [-0.2, -0.15) is 0 Å². The molecule has 0 radical (unpaired) electrons. The Morgan fingerprint density at radius 3 is 2.29 bits per heavy atom. The van der Waals surface area contributed by atoms with E-state index in [0.717, 1.165) is 25.0 Å². The van der Waals surface area contributed by atoms with Crippen LogP contribution < -0.4 is 9.47 Å². The normalized spacial score (nSPS) is 12.4.